The maximum atomic E-state index is 13.7. The fourth-order valence-electron chi connectivity index (χ4n) is 5.65. The minimum atomic E-state index is -0.685. The molecule has 1 N–H and O–H groups in total. The fourth-order valence-corrected chi connectivity index (χ4v) is 6.62. The fraction of sp³-hybridized carbons (Fsp3) is 0.463. The molecule has 0 saturated carbocycles. The van der Waals surface area contributed by atoms with Crippen molar-refractivity contribution in [1.82, 2.24) is 15.1 Å². The Morgan fingerprint density at radius 1 is 1.00 bits per heavy atom. The topological polar surface area (TPSA) is 86.6 Å². The van der Waals surface area contributed by atoms with Gasteiger partial charge in [-0.2, -0.15) is 0 Å². The molecular formula is C41H55N5O3S. The van der Waals surface area contributed by atoms with E-state index in [0.29, 0.717) is 36.3 Å². The largest absolute Gasteiger partial charge is 0.494 e. The first-order valence-corrected chi connectivity index (χ1v) is 18.6. The molecule has 0 radical (unpaired) electrons. The number of carbonyl (C=O) groups excluding carboxylic acids is 2. The molecular weight excluding hydrogens is 643 g/mol. The first-order chi connectivity index (χ1) is 23.9. The molecule has 1 aromatic heterocycles. The lowest BCUT2D eigenvalue weighted by atomic mass is 9.95. The van der Waals surface area contributed by atoms with Gasteiger partial charge in [0.2, 0.25) is 5.91 Å². The van der Waals surface area contributed by atoms with Crippen LogP contribution < -0.4 is 10.1 Å². The van der Waals surface area contributed by atoms with E-state index in [0.717, 1.165) is 45.9 Å². The standard InChI is InChI=1S/C41H55N5O3S/c1-9-10-11-12-13-24-49-34-20-18-31(19-21-34)29(2)26-43-38(42-6)32-16-14-30(15-17-32)25-35(40(48)46-27-33(28-46)45(7)8)44-39(47)36-22-23-37(50-36)41(3,4)5/h14-23,26,33,35H,6,9-13,24-25,27-28H2,1-5,7-8H3,(H,44,47)/b29-26+,43-38-/t35-/m0/s1. The summed E-state index contributed by atoms with van der Waals surface area (Å²) in [6.07, 6.45) is 8.25. The smallest absolute Gasteiger partial charge is 0.262 e. The number of nitrogens with zero attached hydrogens (tertiary/aromatic N) is 4. The third-order valence-electron chi connectivity index (χ3n) is 9.09. The lowest BCUT2D eigenvalue weighted by Gasteiger charge is -2.44. The highest BCUT2D eigenvalue weighted by Gasteiger charge is 2.36. The summed E-state index contributed by atoms with van der Waals surface area (Å²) in [6, 6.07) is 19.4. The van der Waals surface area contributed by atoms with Crippen molar-refractivity contribution in [2.75, 3.05) is 33.8 Å². The van der Waals surface area contributed by atoms with Crippen molar-refractivity contribution in [1.29, 1.82) is 0 Å². The number of hydrogen-bond acceptors (Lipinski definition) is 6. The first-order valence-electron chi connectivity index (χ1n) is 17.8. The van der Waals surface area contributed by atoms with Gasteiger partial charge in [0.1, 0.15) is 11.8 Å². The molecule has 50 heavy (non-hydrogen) atoms. The number of amidine groups is 1. The van der Waals surface area contributed by atoms with E-state index in [2.05, 4.69) is 54.6 Å². The molecule has 1 aliphatic heterocycles. The van der Waals surface area contributed by atoms with Gasteiger partial charge >= 0.3 is 0 Å². The van der Waals surface area contributed by atoms with Crippen LogP contribution in [0.15, 0.2) is 76.8 Å². The number of ether oxygens (including phenoxy) is 1. The van der Waals surface area contributed by atoms with Crippen molar-refractivity contribution in [3.8, 4) is 5.75 Å². The number of thiophene rings is 1. The summed E-state index contributed by atoms with van der Waals surface area (Å²) >= 11 is 1.48. The quantitative estimate of drug-likeness (QED) is 0.0934. The number of benzene rings is 2. The molecule has 3 aromatic rings. The van der Waals surface area contributed by atoms with Gasteiger partial charge in [-0.15, -0.1) is 11.3 Å². The van der Waals surface area contributed by atoms with Crippen LogP contribution in [0.4, 0.5) is 0 Å². The molecule has 1 saturated heterocycles. The number of likely N-dealkylation sites (N-methyl/N-ethyl adjacent to an activating group) is 1. The van der Waals surface area contributed by atoms with Crippen LogP contribution in [-0.4, -0.2) is 80.0 Å². The Morgan fingerprint density at radius 2 is 1.66 bits per heavy atom. The zero-order valence-electron chi connectivity index (χ0n) is 31.0. The van der Waals surface area contributed by atoms with E-state index < -0.39 is 6.04 Å². The van der Waals surface area contributed by atoms with E-state index in [4.69, 9.17) is 4.74 Å². The number of nitrogens with one attached hydrogen (secondary N) is 1. The van der Waals surface area contributed by atoms with Gasteiger partial charge in [0.25, 0.3) is 5.91 Å². The molecule has 1 aliphatic rings. The van der Waals surface area contributed by atoms with Crippen molar-refractivity contribution in [2.24, 2.45) is 9.98 Å². The maximum absolute atomic E-state index is 13.7. The second kappa shape index (κ2) is 18.2. The molecule has 0 aliphatic carbocycles. The number of aliphatic imine (C=N–C) groups is 2. The third-order valence-corrected chi connectivity index (χ3v) is 10.6. The number of allylic oxidation sites excluding steroid dienone is 1. The van der Waals surface area contributed by atoms with E-state index in [1.807, 2.05) is 86.6 Å². The summed E-state index contributed by atoms with van der Waals surface area (Å²) in [5.41, 5.74) is 3.74. The van der Waals surface area contributed by atoms with Gasteiger partial charge in [-0.1, -0.05) is 89.8 Å². The molecule has 4 rings (SSSR count). The van der Waals surface area contributed by atoms with Gasteiger partial charge in [0.05, 0.1) is 11.5 Å². The van der Waals surface area contributed by atoms with Crippen LogP contribution in [0.25, 0.3) is 5.57 Å². The van der Waals surface area contributed by atoms with Crippen LogP contribution in [0.2, 0.25) is 0 Å². The number of amides is 2. The predicted molar refractivity (Wildman–Crippen MR) is 209 cm³/mol. The molecule has 2 amide bonds. The first kappa shape index (κ1) is 38.7. The number of carbonyl (C=O) groups is 2. The van der Waals surface area contributed by atoms with E-state index in [1.165, 1.54) is 37.0 Å². The van der Waals surface area contributed by atoms with Crippen molar-refractivity contribution >= 4 is 41.3 Å². The number of rotatable bonds is 16. The maximum Gasteiger partial charge on any atom is 0.262 e. The highest BCUT2D eigenvalue weighted by Crippen LogP contribution is 2.29. The van der Waals surface area contributed by atoms with Gasteiger partial charge in [0, 0.05) is 42.2 Å². The van der Waals surface area contributed by atoms with Gasteiger partial charge in [-0.05, 0) is 80.5 Å². The van der Waals surface area contributed by atoms with Crippen LogP contribution in [-0.2, 0) is 16.6 Å². The summed E-state index contributed by atoms with van der Waals surface area (Å²) in [4.78, 5) is 41.6. The second-order valence-electron chi connectivity index (χ2n) is 14.4. The van der Waals surface area contributed by atoms with Gasteiger partial charge in [0.15, 0.2) is 5.84 Å². The van der Waals surface area contributed by atoms with Crippen molar-refractivity contribution < 1.29 is 14.3 Å². The molecule has 0 unspecified atom stereocenters. The highest BCUT2D eigenvalue weighted by molar-refractivity contribution is 7.14. The Balaban J connectivity index is 1.41. The Labute approximate surface area is 303 Å². The molecule has 2 aromatic carbocycles. The van der Waals surface area contributed by atoms with Crippen molar-refractivity contribution in [3.63, 3.8) is 0 Å². The van der Waals surface area contributed by atoms with Crippen LogP contribution >= 0.6 is 11.3 Å². The molecule has 1 atom stereocenters. The van der Waals surface area contributed by atoms with Crippen LogP contribution in [0.5, 0.6) is 5.75 Å². The van der Waals surface area contributed by atoms with E-state index >= 15 is 0 Å². The molecule has 0 spiro atoms. The Hall–Kier alpha value is -4.08. The molecule has 2 heterocycles. The lowest BCUT2D eigenvalue weighted by molar-refractivity contribution is -0.140. The van der Waals surface area contributed by atoms with Crippen LogP contribution in [0.3, 0.4) is 0 Å². The SMILES string of the molecule is C=N/C(=N\C=C(/C)c1ccc(OCCCCCCC)cc1)c1ccc(C[C@H](NC(=O)c2ccc(C(C)(C)C)s2)C(=O)N2CC(N(C)C)C2)cc1. The predicted octanol–water partition coefficient (Wildman–Crippen LogP) is 8.02. The van der Waals surface area contributed by atoms with E-state index in [-0.39, 0.29) is 17.2 Å². The average Bonchev–Trinajstić information content (AvgIpc) is 3.58. The minimum absolute atomic E-state index is 0.0519. The van der Waals surface area contributed by atoms with Crippen LogP contribution in [0.1, 0.15) is 98.0 Å². The third kappa shape index (κ3) is 11.0. The number of hydrogen-bond donors (Lipinski definition) is 1. The Morgan fingerprint density at radius 3 is 2.26 bits per heavy atom. The minimum Gasteiger partial charge on any atom is -0.494 e. The van der Waals surface area contributed by atoms with Crippen molar-refractivity contribution in [2.45, 2.75) is 90.6 Å². The average molecular weight is 698 g/mol. The van der Waals surface area contributed by atoms with Gasteiger partial charge < -0.3 is 19.9 Å². The van der Waals surface area contributed by atoms with E-state index in [1.54, 1.807) is 6.20 Å². The van der Waals surface area contributed by atoms with Gasteiger partial charge in [-0.3, -0.25) is 9.59 Å². The Bertz CT molecular complexity index is 1630. The van der Waals surface area contributed by atoms with E-state index in [9.17, 15) is 9.59 Å². The van der Waals surface area contributed by atoms with Crippen molar-refractivity contribution in [3.05, 3.63) is 93.3 Å². The number of unbranched alkanes of at least 4 members (excludes halogenated alkanes) is 4. The van der Waals surface area contributed by atoms with Gasteiger partial charge in [-0.25, -0.2) is 9.98 Å². The summed E-state index contributed by atoms with van der Waals surface area (Å²) in [5, 5.41) is 3.06. The Kier molecular flexibility index (Phi) is 14.1. The number of likely N-dealkylation sites (tertiary alicyclic amines) is 1. The molecule has 0 bridgehead atoms. The molecule has 8 nitrogen and oxygen atoms in total. The molecule has 9 heteroatoms. The zero-order valence-corrected chi connectivity index (χ0v) is 31.8. The second-order valence-corrected chi connectivity index (χ2v) is 15.5. The summed E-state index contributed by atoms with van der Waals surface area (Å²) in [5.74, 6) is 1.09. The lowest BCUT2D eigenvalue weighted by Crippen LogP contribution is -2.63. The molecule has 1 fully saturated rings. The summed E-state index contributed by atoms with van der Waals surface area (Å²) < 4.78 is 5.91. The monoisotopic (exact) mass is 697 g/mol. The highest BCUT2D eigenvalue weighted by atomic mass is 32.1. The van der Waals surface area contributed by atoms with Crippen LogP contribution in [0, 0.1) is 0 Å². The summed E-state index contributed by atoms with van der Waals surface area (Å²) in [6.45, 7) is 16.4. The molecule has 268 valence electrons. The zero-order chi connectivity index (χ0) is 36.3. The normalized spacial score (nSPS) is 14.8. The summed E-state index contributed by atoms with van der Waals surface area (Å²) in [7, 11) is 4.04.